The Labute approximate surface area is 122 Å². The van der Waals surface area contributed by atoms with Gasteiger partial charge in [-0.3, -0.25) is 0 Å². The van der Waals surface area contributed by atoms with E-state index in [2.05, 4.69) is 10.6 Å². The Bertz CT molecular complexity index is 554. The summed E-state index contributed by atoms with van der Waals surface area (Å²) in [4.78, 5) is 13.0. The van der Waals surface area contributed by atoms with Gasteiger partial charge in [0.15, 0.2) is 0 Å². The van der Waals surface area contributed by atoms with Crippen LogP contribution in [-0.4, -0.2) is 17.7 Å². The SMILES string of the molecule is Cc1ccsc1CNC(=O)N[C@H](CO)c1ccccc1. The lowest BCUT2D eigenvalue weighted by atomic mass is 10.1. The maximum absolute atomic E-state index is 11.9. The number of hydrogen-bond acceptors (Lipinski definition) is 3. The first-order chi connectivity index (χ1) is 9.70. The minimum Gasteiger partial charge on any atom is -0.394 e. The van der Waals surface area contributed by atoms with Gasteiger partial charge in [0.25, 0.3) is 0 Å². The Kier molecular flexibility index (Phi) is 5.15. The van der Waals surface area contributed by atoms with E-state index in [4.69, 9.17) is 0 Å². The maximum atomic E-state index is 11.9. The van der Waals surface area contributed by atoms with Gasteiger partial charge in [-0.2, -0.15) is 0 Å². The van der Waals surface area contributed by atoms with E-state index in [0.717, 1.165) is 10.4 Å². The van der Waals surface area contributed by atoms with Crippen LogP contribution in [0.5, 0.6) is 0 Å². The number of thiophene rings is 1. The monoisotopic (exact) mass is 290 g/mol. The molecule has 0 fully saturated rings. The average molecular weight is 290 g/mol. The molecular formula is C15H18N2O2S. The quantitative estimate of drug-likeness (QED) is 0.792. The van der Waals surface area contributed by atoms with Gasteiger partial charge in [0.2, 0.25) is 0 Å². The number of hydrogen-bond donors (Lipinski definition) is 3. The number of aliphatic hydroxyl groups is 1. The molecule has 0 aliphatic heterocycles. The highest BCUT2D eigenvalue weighted by Crippen LogP contribution is 2.15. The second kappa shape index (κ2) is 7.07. The van der Waals surface area contributed by atoms with Crippen LogP contribution in [0.4, 0.5) is 4.79 Å². The second-order valence-corrected chi connectivity index (χ2v) is 5.50. The van der Waals surface area contributed by atoms with Crippen molar-refractivity contribution in [3.8, 4) is 0 Å². The fourth-order valence-electron chi connectivity index (χ4n) is 1.87. The maximum Gasteiger partial charge on any atom is 0.315 e. The van der Waals surface area contributed by atoms with Crippen molar-refractivity contribution >= 4 is 17.4 Å². The van der Waals surface area contributed by atoms with Crippen LogP contribution in [0.25, 0.3) is 0 Å². The molecule has 0 spiro atoms. The number of carbonyl (C=O) groups excluding carboxylic acids is 1. The van der Waals surface area contributed by atoms with Crippen molar-refractivity contribution in [3.63, 3.8) is 0 Å². The molecule has 0 bridgehead atoms. The topological polar surface area (TPSA) is 61.4 Å². The summed E-state index contributed by atoms with van der Waals surface area (Å²) in [7, 11) is 0. The van der Waals surface area contributed by atoms with E-state index in [0.29, 0.717) is 6.54 Å². The lowest BCUT2D eigenvalue weighted by Crippen LogP contribution is -2.38. The van der Waals surface area contributed by atoms with E-state index >= 15 is 0 Å². The van der Waals surface area contributed by atoms with E-state index in [9.17, 15) is 9.90 Å². The Hall–Kier alpha value is -1.85. The van der Waals surface area contributed by atoms with Gasteiger partial charge in [0, 0.05) is 4.88 Å². The Morgan fingerprint density at radius 3 is 2.65 bits per heavy atom. The summed E-state index contributed by atoms with van der Waals surface area (Å²) in [5.41, 5.74) is 2.06. The number of rotatable bonds is 5. The van der Waals surface area contributed by atoms with Crippen LogP contribution >= 0.6 is 11.3 Å². The minimum atomic E-state index is -0.388. The molecule has 106 valence electrons. The highest BCUT2D eigenvalue weighted by molar-refractivity contribution is 7.10. The number of benzene rings is 1. The summed E-state index contributed by atoms with van der Waals surface area (Å²) in [6.07, 6.45) is 0. The fraction of sp³-hybridized carbons (Fsp3) is 0.267. The summed E-state index contributed by atoms with van der Waals surface area (Å²) in [6.45, 7) is 2.39. The van der Waals surface area contributed by atoms with Crippen molar-refractivity contribution in [1.82, 2.24) is 10.6 Å². The molecule has 0 aliphatic rings. The van der Waals surface area contributed by atoms with E-state index in [1.165, 1.54) is 5.56 Å². The van der Waals surface area contributed by atoms with Crippen molar-refractivity contribution in [2.45, 2.75) is 19.5 Å². The molecule has 0 unspecified atom stereocenters. The van der Waals surface area contributed by atoms with E-state index in [1.807, 2.05) is 48.7 Å². The van der Waals surface area contributed by atoms with Crippen molar-refractivity contribution in [2.24, 2.45) is 0 Å². The highest BCUT2D eigenvalue weighted by atomic mass is 32.1. The minimum absolute atomic E-state index is 0.130. The van der Waals surface area contributed by atoms with E-state index in [1.54, 1.807) is 11.3 Å². The molecule has 2 aromatic rings. The molecule has 4 nitrogen and oxygen atoms in total. The Balaban J connectivity index is 1.88. The third kappa shape index (κ3) is 3.82. The molecule has 3 N–H and O–H groups in total. The molecule has 0 saturated carbocycles. The highest BCUT2D eigenvalue weighted by Gasteiger charge is 2.13. The lowest BCUT2D eigenvalue weighted by Gasteiger charge is -2.17. The van der Waals surface area contributed by atoms with Crippen LogP contribution in [0.15, 0.2) is 41.8 Å². The lowest BCUT2D eigenvalue weighted by molar-refractivity contribution is 0.216. The third-order valence-corrected chi connectivity index (χ3v) is 4.09. The van der Waals surface area contributed by atoms with Gasteiger partial charge >= 0.3 is 6.03 Å². The molecule has 20 heavy (non-hydrogen) atoms. The summed E-state index contributed by atoms with van der Waals surface area (Å²) < 4.78 is 0. The predicted octanol–water partition coefficient (Wildman–Crippen LogP) is 2.59. The first kappa shape index (κ1) is 14.6. The number of aryl methyl sites for hydroxylation is 1. The normalized spacial score (nSPS) is 11.9. The molecule has 5 heteroatoms. The van der Waals surface area contributed by atoms with Crippen LogP contribution in [-0.2, 0) is 6.54 Å². The number of nitrogens with one attached hydrogen (secondary N) is 2. The summed E-state index contributed by atoms with van der Waals surface area (Å²) in [6, 6.07) is 10.8. The molecule has 1 atom stereocenters. The van der Waals surface area contributed by atoms with Crippen molar-refractivity contribution in [2.75, 3.05) is 6.61 Å². The Morgan fingerprint density at radius 1 is 1.30 bits per heavy atom. The zero-order valence-electron chi connectivity index (χ0n) is 11.3. The molecule has 1 heterocycles. The number of urea groups is 1. The van der Waals surface area contributed by atoms with Gasteiger partial charge < -0.3 is 15.7 Å². The molecule has 0 saturated heterocycles. The number of carbonyl (C=O) groups is 1. The van der Waals surface area contributed by atoms with Gasteiger partial charge in [-0.25, -0.2) is 4.79 Å². The van der Waals surface area contributed by atoms with Crippen LogP contribution in [0, 0.1) is 6.92 Å². The van der Waals surface area contributed by atoms with Crippen LogP contribution < -0.4 is 10.6 Å². The molecule has 2 amide bonds. The summed E-state index contributed by atoms with van der Waals surface area (Å²) >= 11 is 1.62. The zero-order valence-corrected chi connectivity index (χ0v) is 12.1. The largest absolute Gasteiger partial charge is 0.394 e. The molecule has 2 rings (SSSR count). The van der Waals surface area contributed by atoms with E-state index in [-0.39, 0.29) is 18.7 Å². The number of amides is 2. The molecule has 0 aliphatic carbocycles. The second-order valence-electron chi connectivity index (χ2n) is 4.50. The first-order valence-corrected chi connectivity index (χ1v) is 7.32. The van der Waals surface area contributed by atoms with Gasteiger partial charge in [-0.1, -0.05) is 30.3 Å². The first-order valence-electron chi connectivity index (χ1n) is 6.44. The van der Waals surface area contributed by atoms with E-state index < -0.39 is 0 Å². The molecular weight excluding hydrogens is 272 g/mol. The van der Waals surface area contributed by atoms with Crippen LogP contribution in [0.3, 0.4) is 0 Å². The summed E-state index contributed by atoms with van der Waals surface area (Å²) in [5.74, 6) is 0. The van der Waals surface area contributed by atoms with Crippen molar-refractivity contribution in [3.05, 3.63) is 57.8 Å². The van der Waals surface area contributed by atoms with Crippen LogP contribution in [0.1, 0.15) is 22.0 Å². The molecule has 0 radical (unpaired) electrons. The third-order valence-electron chi connectivity index (χ3n) is 3.07. The van der Waals surface area contributed by atoms with Crippen molar-refractivity contribution in [1.29, 1.82) is 0 Å². The standard InChI is InChI=1S/C15H18N2O2S/c1-11-7-8-20-14(11)9-16-15(19)17-13(10-18)12-5-3-2-4-6-12/h2-8,13,18H,9-10H2,1H3,(H2,16,17,19)/t13-/m1/s1. The summed E-state index contributed by atoms with van der Waals surface area (Å²) in [5, 5.41) is 17.0. The molecule has 1 aromatic heterocycles. The van der Waals surface area contributed by atoms with Gasteiger partial charge in [0.05, 0.1) is 19.2 Å². The predicted molar refractivity (Wildman–Crippen MR) is 80.7 cm³/mol. The van der Waals surface area contributed by atoms with Crippen molar-refractivity contribution < 1.29 is 9.90 Å². The molecule has 1 aromatic carbocycles. The smallest absolute Gasteiger partial charge is 0.315 e. The van der Waals surface area contributed by atoms with Gasteiger partial charge in [-0.05, 0) is 29.5 Å². The average Bonchev–Trinajstić information content (AvgIpc) is 2.89. The zero-order chi connectivity index (χ0) is 14.4. The number of aliphatic hydroxyl groups excluding tert-OH is 1. The fourth-order valence-corrected chi connectivity index (χ4v) is 2.72. The van der Waals surface area contributed by atoms with Gasteiger partial charge in [-0.15, -0.1) is 11.3 Å². The Morgan fingerprint density at radius 2 is 2.05 bits per heavy atom. The van der Waals surface area contributed by atoms with Gasteiger partial charge in [0.1, 0.15) is 0 Å². The van der Waals surface area contributed by atoms with Crippen LogP contribution in [0.2, 0.25) is 0 Å².